The maximum atomic E-state index is 11.2. The van der Waals surface area contributed by atoms with Gasteiger partial charge in [-0.15, -0.1) is 6.58 Å². The van der Waals surface area contributed by atoms with Gasteiger partial charge in [-0.1, -0.05) is 6.08 Å². The number of rotatable bonds is 4. The molecule has 0 saturated heterocycles. The van der Waals surface area contributed by atoms with E-state index in [0.29, 0.717) is 18.7 Å². The van der Waals surface area contributed by atoms with E-state index in [9.17, 15) is 4.79 Å². The summed E-state index contributed by atoms with van der Waals surface area (Å²) in [5.74, 6) is -0.335. The molecule has 1 heterocycles. The van der Waals surface area contributed by atoms with E-state index in [2.05, 4.69) is 11.7 Å². The van der Waals surface area contributed by atoms with Crippen molar-refractivity contribution >= 4 is 5.97 Å². The van der Waals surface area contributed by atoms with Gasteiger partial charge in [0.15, 0.2) is 0 Å². The van der Waals surface area contributed by atoms with Gasteiger partial charge < -0.3 is 4.74 Å². The Morgan fingerprint density at radius 3 is 3.23 bits per heavy atom. The molecule has 1 rings (SSSR count). The lowest BCUT2D eigenvalue weighted by atomic mass is 10.4. The average molecular weight is 180 g/mol. The monoisotopic (exact) mass is 180 g/mol. The van der Waals surface area contributed by atoms with E-state index < -0.39 is 0 Å². The van der Waals surface area contributed by atoms with Gasteiger partial charge in [0, 0.05) is 6.20 Å². The third-order valence-electron chi connectivity index (χ3n) is 1.46. The van der Waals surface area contributed by atoms with Crippen LogP contribution in [-0.4, -0.2) is 22.4 Å². The minimum atomic E-state index is -0.335. The zero-order chi connectivity index (χ0) is 9.68. The van der Waals surface area contributed by atoms with Crippen molar-refractivity contribution in [3.8, 4) is 0 Å². The van der Waals surface area contributed by atoms with Crippen molar-refractivity contribution in [1.29, 1.82) is 0 Å². The van der Waals surface area contributed by atoms with Gasteiger partial charge in [0.25, 0.3) is 0 Å². The molecule has 0 aliphatic heterocycles. The standard InChI is InChI=1S/C9H12N2O2/c1-3-5-11-7-8(6-10-11)9(12)13-4-2/h3,6-7H,1,4-5H2,2H3. The summed E-state index contributed by atoms with van der Waals surface area (Å²) in [6, 6.07) is 0. The Hall–Kier alpha value is -1.58. The number of nitrogens with zero attached hydrogens (tertiary/aromatic N) is 2. The van der Waals surface area contributed by atoms with Gasteiger partial charge >= 0.3 is 5.97 Å². The summed E-state index contributed by atoms with van der Waals surface area (Å²) in [5.41, 5.74) is 0.476. The van der Waals surface area contributed by atoms with Crippen LogP contribution in [0.15, 0.2) is 25.0 Å². The molecule has 0 amide bonds. The maximum Gasteiger partial charge on any atom is 0.341 e. The first-order valence-corrected chi connectivity index (χ1v) is 4.08. The fourth-order valence-corrected chi connectivity index (χ4v) is 0.916. The maximum absolute atomic E-state index is 11.2. The van der Waals surface area contributed by atoms with Crippen LogP contribution in [0.4, 0.5) is 0 Å². The van der Waals surface area contributed by atoms with E-state index in [4.69, 9.17) is 4.74 Å². The predicted octanol–water partition coefficient (Wildman–Crippen LogP) is 1.25. The van der Waals surface area contributed by atoms with E-state index in [1.165, 1.54) is 6.20 Å². The van der Waals surface area contributed by atoms with Gasteiger partial charge in [0.2, 0.25) is 0 Å². The lowest BCUT2D eigenvalue weighted by Gasteiger charge is -1.96. The highest BCUT2D eigenvalue weighted by Gasteiger charge is 2.07. The Kier molecular flexibility index (Phi) is 3.25. The molecule has 4 heteroatoms. The molecule has 13 heavy (non-hydrogen) atoms. The van der Waals surface area contributed by atoms with Crippen LogP contribution < -0.4 is 0 Å². The molecule has 0 atom stereocenters. The van der Waals surface area contributed by atoms with Gasteiger partial charge in [-0.2, -0.15) is 5.10 Å². The van der Waals surface area contributed by atoms with E-state index in [-0.39, 0.29) is 5.97 Å². The molecule has 1 aromatic heterocycles. The molecule has 0 saturated carbocycles. The zero-order valence-electron chi connectivity index (χ0n) is 7.56. The normalized spacial score (nSPS) is 9.62. The minimum Gasteiger partial charge on any atom is -0.462 e. The molecule has 0 spiro atoms. The quantitative estimate of drug-likeness (QED) is 0.517. The predicted molar refractivity (Wildman–Crippen MR) is 48.4 cm³/mol. The second-order valence-corrected chi connectivity index (χ2v) is 2.46. The lowest BCUT2D eigenvalue weighted by Crippen LogP contribution is -2.03. The van der Waals surface area contributed by atoms with Crippen molar-refractivity contribution < 1.29 is 9.53 Å². The van der Waals surface area contributed by atoms with Crippen molar-refractivity contribution in [2.75, 3.05) is 6.61 Å². The number of ether oxygens (including phenoxy) is 1. The fraction of sp³-hybridized carbons (Fsp3) is 0.333. The molecule has 0 aliphatic carbocycles. The Labute approximate surface area is 76.8 Å². The number of hydrogen-bond donors (Lipinski definition) is 0. The minimum absolute atomic E-state index is 0.335. The molecule has 0 radical (unpaired) electrons. The van der Waals surface area contributed by atoms with Crippen molar-refractivity contribution in [1.82, 2.24) is 9.78 Å². The zero-order valence-corrected chi connectivity index (χ0v) is 7.56. The van der Waals surface area contributed by atoms with Crippen LogP contribution >= 0.6 is 0 Å². The fourth-order valence-electron chi connectivity index (χ4n) is 0.916. The van der Waals surface area contributed by atoms with E-state index >= 15 is 0 Å². The number of carbonyl (C=O) groups excluding carboxylic acids is 1. The van der Waals surface area contributed by atoms with Crippen LogP contribution in [0, 0.1) is 0 Å². The van der Waals surface area contributed by atoms with Gasteiger partial charge in [0.05, 0.1) is 24.9 Å². The highest BCUT2D eigenvalue weighted by Crippen LogP contribution is 2.00. The highest BCUT2D eigenvalue weighted by molar-refractivity contribution is 5.88. The van der Waals surface area contributed by atoms with E-state index in [0.717, 1.165) is 0 Å². The Balaban J connectivity index is 2.67. The summed E-state index contributed by atoms with van der Waals surface area (Å²) in [5, 5.41) is 3.95. The number of hydrogen-bond acceptors (Lipinski definition) is 3. The topological polar surface area (TPSA) is 44.1 Å². The Morgan fingerprint density at radius 2 is 2.62 bits per heavy atom. The first kappa shape index (κ1) is 9.51. The van der Waals surface area contributed by atoms with Crippen LogP contribution in [0.25, 0.3) is 0 Å². The summed E-state index contributed by atoms with van der Waals surface area (Å²) >= 11 is 0. The average Bonchev–Trinajstić information content (AvgIpc) is 2.54. The molecule has 0 N–H and O–H groups in total. The SMILES string of the molecule is C=CCn1cc(C(=O)OCC)cn1. The van der Waals surface area contributed by atoms with Crippen molar-refractivity contribution in [2.24, 2.45) is 0 Å². The third-order valence-corrected chi connectivity index (χ3v) is 1.46. The number of aromatic nitrogens is 2. The van der Waals surface area contributed by atoms with Gasteiger partial charge in [-0.05, 0) is 6.92 Å². The van der Waals surface area contributed by atoms with Crippen LogP contribution in [0.5, 0.6) is 0 Å². The molecule has 4 nitrogen and oxygen atoms in total. The summed E-state index contributed by atoms with van der Waals surface area (Å²) in [6.07, 6.45) is 4.84. The largest absolute Gasteiger partial charge is 0.462 e. The van der Waals surface area contributed by atoms with Gasteiger partial charge in [0.1, 0.15) is 0 Å². The highest BCUT2D eigenvalue weighted by atomic mass is 16.5. The molecular formula is C9H12N2O2. The second-order valence-electron chi connectivity index (χ2n) is 2.46. The lowest BCUT2D eigenvalue weighted by molar-refractivity contribution is 0.0526. The van der Waals surface area contributed by atoms with Crippen molar-refractivity contribution in [2.45, 2.75) is 13.5 Å². The van der Waals surface area contributed by atoms with Crippen LogP contribution in [0.1, 0.15) is 17.3 Å². The summed E-state index contributed by atoms with van der Waals surface area (Å²) in [7, 11) is 0. The van der Waals surface area contributed by atoms with E-state index in [1.54, 1.807) is 23.9 Å². The van der Waals surface area contributed by atoms with Gasteiger partial charge in [-0.25, -0.2) is 4.79 Å². The summed E-state index contributed by atoms with van der Waals surface area (Å²) in [6.45, 7) is 6.32. The molecular weight excluding hydrogens is 168 g/mol. The van der Waals surface area contributed by atoms with Crippen molar-refractivity contribution in [3.05, 3.63) is 30.6 Å². The molecule has 70 valence electrons. The van der Waals surface area contributed by atoms with Gasteiger partial charge in [-0.3, -0.25) is 4.68 Å². The summed E-state index contributed by atoms with van der Waals surface area (Å²) < 4.78 is 6.43. The molecule has 0 fully saturated rings. The molecule has 0 aromatic carbocycles. The van der Waals surface area contributed by atoms with Crippen LogP contribution in [0.3, 0.4) is 0 Å². The first-order valence-electron chi connectivity index (χ1n) is 4.08. The van der Waals surface area contributed by atoms with E-state index in [1.807, 2.05) is 0 Å². The third kappa shape index (κ3) is 2.43. The van der Waals surface area contributed by atoms with Crippen LogP contribution in [-0.2, 0) is 11.3 Å². The molecule has 0 unspecified atom stereocenters. The number of esters is 1. The molecule has 1 aromatic rings. The number of allylic oxidation sites excluding steroid dienone is 1. The smallest absolute Gasteiger partial charge is 0.341 e. The Morgan fingerprint density at radius 1 is 1.85 bits per heavy atom. The van der Waals surface area contributed by atoms with Crippen molar-refractivity contribution in [3.63, 3.8) is 0 Å². The Bertz CT molecular complexity index is 304. The van der Waals surface area contributed by atoms with Crippen LogP contribution in [0.2, 0.25) is 0 Å². The second kappa shape index (κ2) is 4.45. The first-order chi connectivity index (χ1) is 6.27. The summed E-state index contributed by atoms with van der Waals surface area (Å²) in [4.78, 5) is 11.2. The number of carbonyl (C=O) groups is 1. The molecule has 0 aliphatic rings. The molecule has 0 bridgehead atoms.